The van der Waals surface area contributed by atoms with Gasteiger partial charge in [-0.05, 0) is 37.4 Å². The van der Waals surface area contributed by atoms with Crippen LogP contribution in [-0.2, 0) is 0 Å². The second kappa shape index (κ2) is 6.73. The van der Waals surface area contributed by atoms with Crippen LogP contribution in [0.25, 0.3) is 0 Å². The van der Waals surface area contributed by atoms with Crippen molar-refractivity contribution in [1.82, 2.24) is 10.3 Å². The van der Waals surface area contributed by atoms with Crippen molar-refractivity contribution in [1.29, 1.82) is 0 Å². The molecule has 1 aromatic heterocycles. The highest BCUT2D eigenvalue weighted by atomic mass is 19.4. The van der Waals surface area contributed by atoms with Crippen molar-refractivity contribution in [3.63, 3.8) is 0 Å². The molecule has 1 atom stereocenters. The molecule has 1 N–H and O–H groups in total. The third kappa shape index (κ3) is 5.49. The van der Waals surface area contributed by atoms with Gasteiger partial charge in [0.2, 0.25) is 0 Å². The van der Waals surface area contributed by atoms with Crippen molar-refractivity contribution in [2.45, 2.75) is 45.3 Å². The molecule has 0 amide bonds. The molecule has 0 fully saturated rings. The fraction of sp³-hybridized carbons (Fsp3) is 0.615. The number of nitrogens with zero attached hydrogens (tertiary/aromatic N) is 1. The minimum atomic E-state index is -4.07. The maximum absolute atomic E-state index is 12.1. The van der Waals surface area contributed by atoms with Gasteiger partial charge in [-0.25, -0.2) is 0 Å². The van der Waals surface area contributed by atoms with Crippen molar-refractivity contribution in [2.24, 2.45) is 0 Å². The average Bonchev–Trinajstić information content (AvgIpc) is 2.26. The number of pyridine rings is 1. The third-order valence-corrected chi connectivity index (χ3v) is 2.70. The number of rotatable bonds is 6. The lowest BCUT2D eigenvalue weighted by atomic mass is 10.0. The first-order valence-electron chi connectivity index (χ1n) is 6.14. The fourth-order valence-electron chi connectivity index (χ4n) is 1.91. The van der Waals surface area contributed by atoms with E-state index in [2.05, 4.69) is 10.3 Å². The molecule has 1 unspecified atom stereocenters. The molecule has 0 saturated carbocycles. The second-order valence-electron chi connectivity index (χ2n) is 4.41. The van der Waals surface area contributed by atoms with Gasteiger partial charge in [0.1, 0.15) is 0 Å². The van der Waals surface area contributed by atoms with E-state index in [9.17, 15) is 13.2 Å². The molecule has 1 rings (SSSR count). The van der Waals surface area contributed by atoms with Crippen LogP contribution in [0.5, 0.6) is 0 Å². The molecule has 0 saturated heterocycles. The number of nitrogens with one attached hydrogen (secondary N) is 1. The Hall–Kier alpha value is -1.10. The summed E-state index contributed by atoms with van der Waals surface area (Å²) in [5.74, 6) is 0. The van der Waals surface area contributed by atoms with Crippen molar-refractivity contribution in [3.8, 4) is 0 Å². The Morgan fingerprint density at radius 3 is 2.61 bits per heavy atom. The van der Waals surface area contributed by atoms with E-state index in [1.54, 1.807) is 12.4 Å². The lowest BCUT2D eigenvalue weighted by Gasteiger charge is -2.18. The molecule has 0 spiro atoms. The first kappa shape index (κ1) is 15.0. The van der Waals surface area contributed by atoms with Gasteiger partial charge in [-0.3, -0.25) is 4.98 Å². The summed E-state index contributed by atoms with van der Waals surface area (Å²) in [6.45, 7) is 4.60. The Bertz CT molecular complexity index is 363. The molecule has 0 aliphatic rings. The fourth-order valence-corrected chi connectivity index (χ4v) is 1.91. The van der Waals surface area contributed by atoms with E-state index in [0.717, 1.165) is 17.7 Å². The zero-order valence-corrected chi connectivity index (χ0v) is 10.7. The molecule has 0 aliphatic carbocycles. The van der Waals surface area contributed by atoms with E-state index in [0.29, 0.717) is 6.42 Å². The van der Waals surface area contributed by atoms with Gasteiger partial charge in [-0.2, -0.15) is 13.2 Å². The number of aryl methyl sites for hydroxylation is 1. The smallest absolute Gasteiger partial charge is 0.310 e. The molecular weight excluding hydrogens is 241 g/mol. The predicted molar refractivity (Wildman–Crippen MR) is 65.3 cm³/mol. The maximum Gasteiger partial charge on any atom is 0.389 e. The molecule has 18 heavy (non-hydrogen) atoms. The lowest BCUT2D eigenvalue weighted by molar-refractivity contribution is -0.135. The normalized spacial score (nSPS) is 13.6. The van der Waals surface area contributed by atoms with Crippen LogP contribution in [0, 0.1) is 6.92 Å². The Kier molecular flexibility index (Phi) is 5.59. The topological polar surface area (TPSA) is 24.9 Å². The molecule has 102 valence electrons. The molecule has 0 aromatic carbocycles. The van der Waals surface area contributed by atoms with Crippen LogP contribution in [0.15, 0.2) is 18.5 Å². The van der Waals surface area contributed by atoms with Crippen molar-refractivity contribution in [3.05, 3.63) is 29.6 Å². The van der Waals surface area contributed by atoms with Crippen LogP contribution in [0.3, 0.4) is 0 Å². The Morgan fingerprint density at radius 2 is 2.06 bits per heavy atom. The number of aromatic nitrogens is 1. The maximum atomic E-state index is 12.1. The summed E-state index contributed by atoms with van der Waals surface area (Å²) >= 11 is 0. The second-order valence-corrected chi connectivity index (χ2v) is 4.41. The molecule has 1 aromatic rings. The zero-order chi connectivity index (χ0) is 13.6. The molecule has 5 heteroatoms. The van der Waals surface area contributed by atoms with E-state index < -0.39 is 12.6 Å². The van der Waals surface area contributed by atoms with Crippen LogP contribution in [0.1, 0.15) is 43.4 Å². The van der Waals surface area contributed by atoms with Crippen LogP contribution in [0.2, 0.25) is 0 Å². The molecule has 2 nitrogen and oxygen atoms in total. The van der Waals surface area contributed by atoms with Gasteiger partial charge >= 0.3 is 6.18 Å². The highest BCUT2D eigenvalue weighted by molar-refractivity contribution is 5.20. The van der Waals surface area contributed by atoms with Gasteiger partial charge in [0.15, 0.2) is 0 Å². The van der Waals surface area contributed by atoms with Crippen molar-refractivity contribution >= 4 is 0 Å². The standard InChI is InChI=1S/C13H19F3N2/c1-3-18-12(5-4-6-13(14,15)16)11-7-10(2)8-17-9-11/h7-9,12,18H,3-6H2,1-2H3. The average molecular weight is 260 g/mol. The van der Waals surface area contributed by atoms with Crippen LogP contribution < -0.4 is 5.32 Å². The summed E-state index contributed by atoms with van der Waals surface area (Å²) in [4.78, 5) is 4.08. The number of alkyl halides is 3. The molecule has 0 aliphatic heterocycles. The Balaban J connectivity index is 2.60. The summed E-state index contributed by atoms with van der Waals surface area (Å²) in [6.07, 6.45) is -0.737. The van der Waals surface area contributed by atoms with Crippen LogP contribution in [0.4, 0.5) is 13.2 Å². The molecule has 0 radical (unpaired) electrons. The highest BCUT2D eigenvalue weighted by Crippen LogP contribution is 2.26. The first-order valence-corrected chi connectivity index (χ1v) is 6.14. The van der Waals surface area contributed by atoms with E-state index >= 15 is 0 Å². The van der Waals surface area contributed by atoms with Crippen molar-refractivity contribution in [2.75, 3.05) is 6.54 Å². The number of hydrogen-bond acceptors (Lipinski definition) is 2. The predicted octanol–water partition coefficient (Wildman–Crippen LogP) is 3.77. The third-order valence-electron chi connectivity index (χ3n) is 2.70. The Morgan fingerprint density at radius 1 is 1.33 bits per heavy atom. The minimum absolute atomic E-state index is 0.0512. The van der Waals surface area contributed by atoms with Gasteiger partial charge in [0.25, 0.3) is 0 Å². The summed E-state index contributed by atoms with van der Waals surface area (Å²) in [6, 6.07) is 1.92. The quantitative estimate of drug-likeness (QED) is 0.842. The van der Waals surface area contributed by atoms with Crippen LogP contribution in [-0.4, -0.2) is 17.7 Å². The first-order chi connectivity index (χ1) is 8.42. The minimum Gasteiger partial charge on any atom is -0.310 e. The number of hydrogen-bond donors (Lipinski definition) is 1. The highest BCUT2D eigenvalue weighted by Gasteiger charge is 2.26. The largest absolute Gasteiger partial charge is 0.389 e. The lowest BCUT2D eigenvalue weighted by Crippen LogP contribution is -2.21. The van der Waals surface area contributed by atoms with Crippen molar-refractivity contribution < 1.29 is 13.2 Å². The molecule has 1 heterocycles. The van der Waals surface area contributed by atoms with E-state index in [1.807, 2.05) is 19.9 Å². The van der Waals surface area contributed by atoms with E-state index in [4.69, 9.17) is 0 Å². The molecular formula is C13H19F3N2. The van der Waals surface area contributed by atoms with E-state index in [-0.39, 0.29) is 12.5 Å². The number of halogens is 3. The van der Waals surface area contributed by atoms with Gasteiger partial charge in [0, 0.05) is 24.9 Å². The SMILES string of the molecule is CCNC(CCCC(F)(F)F)c1cncc(C)c1. The summed E-state index contributed by atoms with van der Waals surface area (Å²) in [7, 11) is 0. The van der Waals surface area contributed by atoms with Gasteiger partial charge in [-0.1, -0.05) is 13.0 Å². The van der Waals surface area contributed by atoms with E-state index in [1.165, 1.54) is 0 Å². The van der Waals surface area contributed by atoms with Crippen LogP contribution >= 0.6 is 0 Å². The van der Waals surface area contributed by atoms with Gasteiger partial charge in [-0.15, -0.1) is 0 Å². The Labute approximate surface area is 106 Å². The summed E-state index contributed by atoms with van der Waals surface area (Å²) in [5.41, 5.74) is 1.98. The molecule has 0 bridgehead atoms. The summed E-state index contributed by atoms with van der Waals surface area (Å²) < 4.78 is 36.4. The monoisotopic (exact) mass is 260 g/mol. The summed E-state index contributed by atoms with van der Waals surface area (Å²) in [5, 5.41) is 3.21. The van der Waals surface area contributed by atoms with Gasteiger partial charge < -0.3 is 5.32 Å². The zero-order valence-electron chi connectivity index (χ0n) is 10.7. The van der Waals surface area contributed by atoms with Gasteiger partial charge in [0.05, 0.1) is 0 Å².